The smallest absolute Gasteiger partial charge is 0.175 e. The monoisotopic (exact) mass is 370 g/mol. The van der Waals surface area contributed by atoms with Crippen LogP contribution in [0.5, 0.6) is 0 Å². The third-order valence-electron chi connectivity index (χ3n) is 7.05. The van der Waals surface area contributed by atoms with Crippen LogP contribution in [0.1, 0.15) is 50.0 Å². The van der Waals surface area contributed by atoms with Gasteiger partial charge in [-0.25, -0.2) is 0 Å². The lowest BCUT2D eigenvalue weighted by atomic mass is 9.70. The molecule has 2 unspecified atom stereocenters. The number of fused-ring (bicyclic) bond motifs is 3. The topological polar surface area (TPSA) is 17.1 Å². The number of carbonyl (C=O) groups excluding carboxylic acids is 1. The van der Waals surface area contributed by atoms with Gasteiger partial charge >= 0.3 is 0 Å². The van der Waals surface area contributed by atoms with Crippen molar-refractivity contribution in [2.24, 2.45) is 0 Å². The number of hydrogen-bond donors (Lipinski definition) is 0. The second kappa shape index (κ2) is 5.33. The number of ketones is 1. The fourth-order valence-corrected chi connectivity index (χ4v) is 5.98. The van der Waals surface area contributed by atoms with E-state index in [2.05, 4.69) is 72.8 Å². The van der Waals surface area contributed by atoms with Crippen molar-refractivity contribution < 1.29 is 4.79 Å². The molecule has 0 bridgehead atoms. The molecule has 0 saturated carbocycles. The third-order valence-corrected chi connectivity index (χ3v) is 7.05. The van der Waals surface area contributed by atoms with Crippen LogP contribution in [0.2, 0.25) is 0 Å². The van der Waals surface area contributed by atoms with Crippen LogP contribution >= 0.6 is 0 Å². The Hall–Kier alpha value is -3.45. The first-order valence-electron chi connectivity index (χ1n) is 10.3. The standard InChI is InChI=1S/C28H18O/c29-28-21-12-6-10-17-13-14-20-23(16-7-2-1-3-8-16)22-15-18-9-4-5-11-19(18)25(22)27(28)26(20)24(17)21/h1-14,23,27H,15H2. The SMILES string of the molecule is O=C1c2cccc3ccc4c(c23)C1C1=C(Cc2ccccc21)C4c1ccccc1. The van der Waals surface area contributed by atoms with E-state index in [1.807, 2.05) is 12.1 Å². The molecule has 2 atom stereocenters. The summed E-state index contributed by atoms with van der Waals surface area (Å²) in [6.45, 7) is 0. The molecule has 0 fully saturated rings. The fraction of sp³-hybridized carbons (Fsp3) is 0.107. The Kier molecular flexibility index (Phi) is 2.84. The van der Waals surface area contributed by atoms with Crippen LogP contribution in [-0.2, 0) is 6.42 Å². The van der Waals surface area contributed by atoms with Gasteiger partial charge in [-0.05, 0) is 56.2 Å². The summed E-state index contributed by atoms with van der Waals surface area (Å²) in [4.78, 5) is 13.7. The van der Waals surface area contributed by atoms with Gasteiger partial charge in [0.2, 0.25) is 0 Å². The van der Waals surface area contributed by atoms with Gasteiger partial charge in [0, 0.05) is 11.5 Å². The summed E-state index contributed by atoms with van der Waals surface area (Å²) in [7, 11) is 0. The lowest BCUT2D eigenvalue weighted by Gasteiger charge is -2.32. The molecule has 3 aliphatic carbocycles. The van der Waals surface area contributed by atoms with Crippen molar-refractivity contribution in [1.82, 2.24) is 0 Å². The Morgan fingerprint density at radius 1 is 0.690 bits per heavy atom. The average molecular weight is 370 g/mol. The van der Waals surface area contributed by atoms with Gasteiger partial charge in [0.05, 0.1) is 5.92 Å². The average Bonchev–Trinajstić information content (AvgIpc) is 3.29. The Balaban J connectivity index is 1.62. The van der Waals surface area contributed by atoms with E-state index >= 15 is 0 Å². The van der Waals surface area contributed by atoms with Crippen LogP contribution in [0, 0.1) is 0 Å². The second-order valence-electron chi connectivity index (χ2n) is 8.39. The summed E-state index contributed by atoms with van der Waals surface area (Å²) < 4.78 is 0. The van der Waals surface area contributed by atoms with Gasteiger partial charge in [-0.2, -0.15) is 0 Å². The van der Waals surface area contributed by atoms with E-state index < -0.39 is 0 Å². The molecule has 136 valence electrons. The minimum Gasteiger partial charge on any atom is -0.293 e. The van der Waals surface area contributed by atoms with E-state index in [1.54, 1.807) is 0 Å². The minimum atomic E-state index is -0.148. The normalized spacial score (nSPS) is 20.9. The van der Waals surface area contributed by atoms with Gasteiger partial charge in [-0.3, -0.25) is 4.79 Å². The van der Waals surface area contributed by atoms with Gasteiger partial charge in [0.25, 0.3) is 0 Å². The number of Topliss-reactive ketones (excluding diaryl/α,β-unsaturated/α-hetero) is 1. The molecule has 4 aromatic carbocycles. The van der Waals surface area contributed by atoms with E-state index in [4.69, 9.17) is 0 Å². The zero-order valence-electron chi connectivity index (χ0n) is 15.9. The highest BCUT2D eigenvalue weighted by atomic mass is 16.1. The molecule has 0 amide bonds. The Morgan fingerprint density at radius 3 is 2.38 bits per heavy atom. The number of rotatable bonds is 1. The Bertz CT molecular complexity index is 1390. The van der Waals surface area contributed by atoms with E-state index in [0.29, 0.717) is 0 Å². The van der Waals surface area contributed by atoms with E-state index in [0.717, 1.165) is 12.0 Å². The fourth-order valence-electron chi connectivity index (χ4n) is 5.98. The third kappa shape index (κ3) is 1.83. The molecule has 1 nitrogen and oxygen atoms in total. The lowest BCUT2D eigenvalue weighted by molar-refractivity contribution is 0.0986. The number of hydrogen-bond acceptors (Lipinski definition) is 1. The zero-order valence-corrected chi connectivity index (χ0v) is 15.9. The molecule has 3 aliphatic rings. The summed E-state index contributed by atoms with van der Waals surface area (Å²) >= 11 is 0. The molecule has 4 aromatic rings. The van der Waals surface area contributed by atoms with Crippen LogP contribution in [0.15, 0.2) is 90.5 Å². The van der Waals surface area contributed by atoms with Crippen LogP contribution in [0.3, 0.4) is 0 Å². The number of allylic oxidation sites excluding steroid dienone is 2. The van der Waals surface area contributed by atoms with Gasteiger partial charge in [-0.15, -0.1) is 0 Å². The van der Waals surface area contributed by atoms with Crippen molar-refractivity contribution in [2.45, 2.75) is 18.3 Å². The van der Waals surface area contributed by atoms with Crippen molar-refractivity contribution in [3.8, 4) is 0 Å². The number of benzene rings is 4. The summed E-state index contributed by atoms with van der Waals surface area (Å²) in [5, 5.41) is 2.36. The molecule has 0 aromatic heterocycles. The largest absolute Gasteiger partial charge is 0.293 e. The van der Waals surface area contributed by atoms with E-state index in [-0.39, 0.29) is 17.6 Å². The van der Waals surface area contributed by atoms with Gasteiger partial charge in [0.15, 0.2) is 5.78 Å². The molecule has 0 radical (unpaired) electrons. The van der Waals surface area contributed by atoms with Crippen LogP contribution in [0.25, 0.3) is 16.3 Å². The maximum Gasteiger partial charge on any atom is 0.175 e. The van der Waals surface area contributed by atoms with Crippen molar-refractivity contribution >= 4 is 22.1 Å². The van der Waals surface area contributed by atoms with Crippen molar-refractivity contribution in [3.05, 3.63) is 124 Å². The van der Waals surface area contributed by atoms with E-state index in [1.165, 1.54) is 49.7 Å². The second-order valence-corrected chi connectivity index (χ2v) is 8.39. The molecular weight excluding hydrogens is 352 g/mol. The molecule has 0 N–H and O–H groups in total. The highest BCUT2D eigenvalue weighted by Crippen LogP contribution is 2.59. The molecule has 0 spiro atoms. The first-order chi connectivity index (χ1) is 14.3. The highest BCUT2D eigenvalue weighted by Gasteiger charge is 2.46. The summed E-state index contributed by atoms with van der Waals surface area (Å²) in [5.41, 5.74) is 10.1. The summed E-state index contributed by atoms with van der Waals surface area (Å²) in [6, 6.07) is 30.1. The van der Waals surface area contributed by atoms with Gasteiger partial charge in [-0.1, -0.05) is 84.9 Å². The zero-order chi connectivity index (χ0) is 19.1. The first-order valence-corrected chi connectivity index (χ1v) is 10.3. The lowest BCUT2D eigenvalue weighted by Crippen LogP contribution is -2.19. The van der Waals surface area contributed by atoms with Gasteiger partial charge in [0.1, 0.15) is 0 Å². The Labute approximate surface area is 169 Å². The van der Waals surface area contributed by atoms with Crippen LogP contribution in [0.4, 0.5) is 0 Å². The maximum absolute atomic E-state index is 13.7. The van der Waals surface area contributed by atoms with Crippen molar-refractivity contribution in [2.75, 3.05) is 0 Å². The molecule has 0 saturated heterocycles. The van der Waals surface area contributed by atoms with Crippen molar-refractivity contribution in [3.63, 3.8) is 0 Å². The van der Waals surface area contributed by atoms with Crippen LogP contribution < -0.4 is 0 Å². The Morgan fingerprint density at radius 2 is 1.48 bits per heavy atom. The molecule has 7 rings (SSSR count). The van der Waals surface area contributed by atoms with Crippen molar-refractivity contribution in [1.29, 1.82) is 0 Å². The summed E-state index contributed by atoms with van der Waals surface area (Å²) in [5.74, 6) is 0.340. The summed E-state index contributed by atoms with van der Waals surface area (Å²) in [6.07, 6.45) is 0.933. The minimum absolute atomic E-state index is 0.148. The molecular formula is C28H18O. The predicted molar refractivity (Wildman–Crippen MR) is 116 cm³/mol. The van der Waals surface area contributed by atoms with Crippen LogP contribution in [-0.4, -0.2) is 5.78 Å². The molecule has 29 heavy (non-hydrogen) atoms. The first kappa shape index (κ1) is 15.5. The quantitative estimate of drug-likeness (QED) is 0.386. The van der Waals surface area contributed by atoms with Gasteiger partial charge < -0.3 is 0 Å². The van der Waals surface area contributed by atoms with E-state index in [9.17, 15) is 4.79 Å². The molecule has 1 heteroatoms. The molecule has 0 aliphatic heterocycles. The number of carbonyl (C=O) groups is 1. The maximum atomic E-state index is 13.7. The predicted octanol–water partition coefficient (Wildman–Crippen LogP) is 6.28. The molecule has 0 heterocycles. The highest BCUT2D eigenvalue weighted by molar-refractivity contribution is 6.24.